The van der Waals surface area contributed by atoms with E-state index in [4.69, 9.17) is 9.47 Å². The van der Waals surface area contributed by atoms with E-state index in [2.05, 4.69) is 20.8 Å². The topological polar surface area (TPSA) is 84.3 Å². The summed E-state index contributed by atoms with van der Waals surface area (Å²) < 4.78 is 10.6. The molecule has 0 saturated heterocycles. The Morgan fingerprint density at radius 2 is 1.79 bits per heavy atom. The third kappa shape index (κ3) is 5.96. The first-order valence-electron chi connectivity index (χ1n) is 10.8. The number of hydrogen-bond donors (Lipinski definition) is 2. The minimum atomic E-state index is -0.130. The summed E-state index contributed by atoms with van der Waals surface area (Å²) >= 11 is 1.62. The summed E-state index contributed by atoms with van der Waals surface area (Å²) in [6, 6.07) is 22.7. The van der Waals surface area contributed by atoms with E-state index in [1.54, 1.807) is 38.1 Å². The van der Waals surface area contributed by atoms with E-state index < -0.39 is 0 Å². The second kappa shape index (κ2) is 11.4. The molecule has 0 fully saturated rings. The number of aliphatic imine (C=N–C) groups is 1. The maximum Gasteiger partial charge on any atom is 0.255 e. The quantitative estimate of drug-likeness (QED) is 0.499. The van der Waals surface area contributed by atoms with Gasteiger partial charge in [0.05, 0.1) is 19.9 Å². The van der Waals surface area contributed by atoms with Crippen molar-refractivity contribution in [2.45, 2.75) is 6.42 Å². The molecule has 2 N–H and O–H groups in total. The monoisotopic (exact) mass is 474 g/mol. The van der Waals surface area contributed by atoms with E-state index in [9.17, 15) is 4.79 Å². The van der Waals surface area contributed by atoms with Crippen molar-refractivity contribution >= 4 is 34.2 Å². The van der Waals surface area contributed by atoms with Crippen molar-refractivity contribution in [1.82, 2.24) is 5.43 Å². The minimum Gasteiger partial charge on any atom is -0.493 e. The average Bonchev–Trinajstić information content (AvgIpc) is 2.90. The van der Waals surface area contributed by atoms with Gasteiger partial charge >= 0.3 is 0 Å². The first kappa shape index (κ1) is 23.4. The van der Waals surface area contributed by atoms with E-state index in [0.29, 0.717) is 12.1 Å². The highest BCUT2D eigenvalue weighted by molar-refractivity contribution is 8.14. The van der Waals surface area contributed by atoms with Gasteiger partial charge in [0.2, 0.25) is 0 Å². The van der Waals surface area contributed by atoms with E-state index in [0.717, 1.165) is 51.4 Å². The fourth-order valence-electron chi connectivity index (χ4n) is 3.41. The van der Waals surface area contributed by atoms with Gasteiger partial charge in [0.1, 0.15) is 0 Å². The lowest BCUT2D eigenvalue weighted by Crippen LogP contribution is -2.25. The number of nitrogens with one attached hydrogen (secondary N) is 2. The molecule has 1 heterocycles. The average molecular weight is 475 g/mol. The predicted octanol–water partition coefficient (Wildman–Crippen LogP) is 4.60. The first-order chi connectivity index (χ1) is 16.7. The van der Waals surface area contributed by atoms with Gasteiger partial charge in [-0.1, -0.05) is 48.2 Å². The second-order valence-electron chi connectivity index (χ2n) is 7.48. The SMILES string of the molecule is COc1ccc(CCN=C2NN=C(c3ccc(NC(=O)c4ccccc4)cc3)CS2)cc1OC. The maximum absolute atomic E-state index is 12.3. The number of amidine groups is 1. The third-order valence-corrected chi connectivity index (χ3v) is 6.16. The third-order valence-electron chi connectivity index (χ3n) is 5.25. The van der Waals surface area contributed by atoms with Crippen molar-refractivity contribution in [3.63, 3.8) is 0 Å². The number of nitrogens with zero attached hydrogens (tertiary/aromatic N) is 2. The lowest BCUT2D eigenvalue weighted by molar-refractivity contribution is 0.102. The van der Waals surface area contributed by atoms with Crippen LogP contribution in [0.4, 0.5) is 5.69 Å². The standard InChI is InChI=1S/C26H26N4O3S/c1-32-23-13-8-18(16-24(23)33-2)14-15-27-26-30-29-22(17-34-26)19-9-11-21(12-10-19)28-25(31)20-6-4-3-5-7-20/h3-13,16H,14-15,17H2,1-2H3,(H,27,30)(H,28,31). The number of rotatable bonds is 8. The van der Waals surface area contributed by atoms with Crippen LogP contribution in [0.1, 0.15) is 21.5 Å². The fraction of sp³-hybridized carbons (Fsp3) is 0.192. The smallest absolute Gasteiger partial charge is 0.255 e. The Hall–Kier alpha value is -3.78. The molecular weight excluding hydrogens is 448 g/mol. The predicted molar refractivity (Wildman–Crippen MR) is 139 cm³/mol. The number of carbonyl (C=O) groups excluding carboxylic acids is 1. The van der Waals surface area contributed by atoms with E-state index >= 15 is 0 Å². The number of carbonyl (C=O) groups is 1. The molecule has 4 rings (SSSR count). The van der Waals surface area contributed by atoms with E-state index in [1.807, 2.05) is 60.7 Å². The normalized spacial score (nSPS) is 14.2. The van der Waals surface area contributed by atoms with Gasteiger partial charge in [-0.05, 0) is 53.9 Å². The number of thioether (sulfide) groups is 1. The fourth-order valence-corrected chi connectivity index (χ4v) is 4.20. The highest BCUT2D eigenvalue weighted by Gasteiger charge is 2.13. The number of methoxy groups -OCH3 is 2. The number of ether oxygens (including phenoxy) is 2. The highest BCUT2D eigenvalue weighted by atomic mass is 32.2. The molecule has 0 spiro atoms. The number of benzene rings is 3. The van der Waals surface area contributed by atoms with E-state index in [-0.39, 0.29) is 5.91 Å². The summed E-state index contributed by atoms with van der Waals surface area (Å²) in [5, 5.41) is 8.20. The summed E-state index contributed by atoms with van der Waals surface area (Å²) in [5.74, 6) is 2.03. The van der Waals surface area contributed by atoms with Crippen molar-refractivity contribution < 1.29 is 14.3 Å². The molecule has 1 aliphatic heterocycles. The summed E-state index contributed by atoms with van der Waals surface area (Å²) in [6.07, 6.45) is 0.791. The Labute approximate surface area is 203 Å². The van der Waals surface area contributed by atoms with Crippen LogP contribution in [0.15, 0.2) is 82.9 Å². The van der Waals surface area contributed by atoms with Gasteiger partial charge in [-0.2, -0.15) is 5.10 Å². The Morgan fingerprint density at radius 1 is 1.03 bits per heavy atom. The Kier molecular flexibility index (Phi) is 7.83. The molecule has 174 valence electrons. The molecule has 0 bridgehead atoms. The number of hydrazone groups is 1. The number of amides is 1. The van der Waals surface area contributed by atoms with Crippen LogP contribution in [0.2, 0.25) is 0 Å². The van der Waals surface area contributed by atoms with Crippen molar-refractivity contribution in [3.8, 4) is 11.5 Å². The maximum atomic E-state index is 12.3. The number of anilines is 1. The zero-order chi connectivity index (χ0) is 23.8. The molecule has 0 aliphatic carbocycles. The van der Waals surface area contributed by atoms with Crippen molar-refractivity contribution in [1.29, 1.82) is 0 Å². The Bertz CT molecular complexity index is 1190. The first-order valence-corrected chi connectivity index (χ1v) is 11.8. The zero-order valence-corrected chi connectivity index (χ0v) is 19.9. The van der Waals surface area contributed by atoms with Gasteiger partial charge in [0.25, 0.3) is 5.91 Å². The summed E-state index contributed by atoms with van der Waals surface area (Å²) in [4.78, 5) is 16.9. The number of hydrogen-bond acceptors (Lipinski definition) is 6. The Balaban J connectivity index is 1.30. The molecule has 1 aliphatic rings. The molecule has 0 atom stereocenters. The zero-order valence-electron chi connectivity index (χ0n) is 19.1. The molecule has 0 saturated carbocycles. The van der Waals surface area contributed by atoms with Crippen LogP contribution in [-0.4, -0.2) is 43.3 Å². The second-order valence-corrected chi connectivity index (χ2v) is 8.45. The van der Waals surface area contributed by atoms with Crippen LogP contribution >= 0.6 is 11.8 Å². The molecule has 0 unspecified atom stereocenters. The van der Waals surface area contributed by atoms with E-state index in [1.165, 1.54) is 0 Å². The molecule has 8 heteroatoms. The molecule has 0 radical (unpaired) electrons. The van der Waals surface area contributed by atoms with Crippen molar-refractivity contribution in [3.05, 3.63) is 89.5 Å². The molecule has 3 aromatic carbocycles. The molecular formula is C26H26N4O3S. The molecule has 1 amide bonds. The molecule has 7 nitrogen and oxygen atoms in total. The highest BCUT2D eigenvalue weighted by Crippen LogP contribution is 2.27. The summed E-state index contributed by atoms with van der Waals surface area (Å²) in [5.41, 5.74) is 7.49. The van der Waals surface area contributed by atoms with Gasteiger partial charge in [-0.15, -0.1) is 0 Å². The lowest BCUT2D eigenvalue weighted by atomic mass is 10.1. The summed E-state index contributed by atoms with van der Waals surface area (Å²) in [6.45, 7) is 0.644. The molecule has 34 heavy (non-hydrogen) atoms. The lowest BCUT2D eigenvalue weighted by Gasteiger charge is -2.15. The summed E-state index contributed by atoms with van der Waals surface area (Å²) in [7, 11) is 3.26. The van der Waals surface area contributed by atoms with Gasteiger partial charge in [0.15, 0.2) is 16.7 Å². The van der Waals surface area contributed by atoms with Crippen LogP contribution in [0, 0.1) is 0 Å². The van der Waals surface area contributed by atoms with Crippen LogP contribution < -0.4 is 20.2 Å². The van der Waals surface area contributed by atoms with Gasteiger partial charge in [-0.3, -0.25) is 15.2 Å². The van der Waals surface area contributed by atoms with Crippen LogP contribution in [-0.2, 0) is 6.42 Å². The van der Waals surface area contributed by atoms with Crippen molar-refractivity contribution in [2.24, 2.45) is 10.1 Å². The van der Waals surface area contributed by atoms with Gasteiger partial charge < -0.3 is 14.8 Å². The van der Waals surface area contributed by atoms with Crippen LogP contribution in [0.5, 0.6) is 11.5 Å². The van der Waals surface area contributed by atoms with Crippen LogP contribution in [0.3, 0.4) is 0 Å². The van der Waals surface area contributed by atoms with Crippen LogP contribution in [0.25, 0.3) is 0 Å². The molecule has 3 aromatic rings. The van der Waals surface area contributed by atoms with Gasteiger partial charge in [-0.25, -0.2) is 0 Å². The molecule has 0 aromatic heterocycles. The minimum absolute atomic E-state index is 0.130. The Morgan fingerprint density at radius 3 is 2.47 bits per heavy atom. The van der Waals surface area contributed by atoms with Gasteiger partial charge in [0, 0.05) is 23.5 Å². The largest absolute Gasteiger partial charge is 0.493 e. The van der Waals surface area contributed by atoms with Crippen molar-refractivity contribution in [2.75, 3.05) is 31.8 Å².